The fourth-order valence-corrected chi connectivity index (χ4v) is 6.89. The van der Waals surface area contributed by atoms with Gasteiger partial charge in [-0.05, 0) is 31.4 Å². The minimum atomic E-state index is -1.17. The SMILES string of the molecule is CCCCOC1C(=O)C2(c3cnc(Cc4ccc(F)cc4F)s3)CN3CCOCC[C@@H](C)NC(=O)[C@]132. The highest BCUT2D eigenvalue weighted by Crippen LogP contribution is 2.62. The van der Waals surface area contributed by atoms with E-state index in [9.17, 15) is 18.4 Å². The highest BCUT2D eigenvalue weighted by atomic mass is 32.1. The second kappa shape index (κ2) is 9.89. The predicted molar refractivity (Wildman–Crippen MR) is 130 cm³/mol. The van der Waals surface area contributed by atoms with Crippen molar-refractivity contribution < 1.29 is 27.8 Å². The van der Waals surface area contributed by atoms with Gasteiger partial charge in [-0.2, -0.15) is 0 Å². The van der Waals surface area contributed by atoms with Crippen LogP contribution in [0.1, 0.15) is 48.6 Å². The van der Waals surface area contributed by atoms with E-state index in [1.54, 1.807) is 6.20 Å². The number of ketones is 1. The van der Waals surface area contributed by atoms with Crippen LogP contribution in [-0.4, -0.2) is 72.2 Å². The van der Waals surface area contributed by atoms with Gasteiger partial charge < -0.3 is 14.8 Å². The van der Waals surface area contributed by atoms with Crippen molar-refractivity contribution >= 4 is 23.0 Å². The molecule has 1 N–H and O–H groups in total. The number of thiazole rings is 1. The van der Waals surface area contributed by atoms with Gasteiger partial charge in [0.15, 0.2) is 11.3 Å². The third kappa shape index (κ3) is 3.81. The molecule has 10 heteroatoms. The van der Waals surface area contributed by atoms with E-state index in [-0.39, 0.29) is 24.2 Å². The Morgan fingerprint density at radius 1 is 1.31 bits per heavy atom. The fourth-order valence-electron chi connectivity index (χ4n) is 5.70. The Hall–Kier alpha value is -2.27. The van der Waals surface area contributed by atoms with E-state index in [4.69, 9.17) is 9.47 Å². The maximum atomic E-state index is 14.2. The Kier molecular flexibility index (Phi) is 6.97. The summed E-state index contributed by atoms with van der Waals surface area (Å²) >= 11 is 1.30. The summed E-state index contributed by atoms with van der Waals surface area (Å²) in [5.41, 5.74) is -1.91. The van der Waals surface area contributed by atoms with Gasteiger partial charge in [0.05, 0.1) is 11.6 Å². The molecule has 0 radical (unpaired) electrons. The van der Waals surface area contributed by atoms with E-state index >= 15 is 0 Å². The number of nitrogens with one attached hydrogen (secondary N) is 1. The summed E-state index contributed by atoms with van der Waals surface area (Å²) in [6.07, 6.45) is 3.32. The largest absolute Gasteiger partial charge is 0.380 e. The lowest BCUT2D eigenvalue weighted by Gasteiger charge is -2.72. The molecule has 7 nitrogen and oxygen atoms in total. The average molecular weight is 520 g/mol. The minimum absolute atomic E-state index is 0.112. The highest BCUT2D eigenvalue weighted by Gasteiger charge is 2.86. The first-order chi connectivity index (χ1) is 17.3. The number of carbonyl (C=O) groups excluding carboxylic acids is 2. The Morgan fingerprint density at radius 3 is 2.92 bits per heavy atom. The summed E-state index contributed by atoms with van der Waals surface area (Å²) in [5.74, 6) is -1.59. The number of piperidine rings is 1. The molecule has 1 aliphatic carbocycles. The van der Waals surface area contributed by atoms with Crippen LogP contribution in [0.2, 0.25) is 0 Å². The Morgan fingerprint density at radius 2 is 2.14 bits per heavy atom. The van der Waals surface area contributed by atoms with Crippen molar-refractivity contribution in [2.45, 2.75) is 62.6 Å². The monoisotopic (exact) mass is 519 g/mol. The second-order valence-electron chi connectivity index (χ2n) is 9.87. The lowest BCUT2D eigenvalue weighted by atomic mass is 9.43. The second-order valence-corrected chi connectivity index (χ2v) is 11.0. The molecular weight excluding hydrogens is 488 g/mol. The van der Waals surface area contributed by atoms with Crippen LogP contribution < -0.4 is 5.32 Å². The molecule has 1 aromatic heterocycles. The minimum Gasteiger partial charge on any atom is -0.380 e. The number of nitrogens with zero attached hydrogens (tertiary/aromatic N) is 2. The van der Waals surface area contributed by atoms with Crippen molar-refractivity contribution in [2.75, 3.05) is 32.9 Å². The van der Waals surface area contributed by atoms with Crippen LogP contribution in [0.5, 0.6) is 0 Å². The molecule has 1 aromatic carbocycles. The van der Waals surface area contributed by atoms with Crippen molar-refractivity contribution in [1.29, 1.82) is 0 Å². The maximum Gasteiger partial charge on any atom is 0.245 e. The molecule has 1 saturated carbocycles. The zero-order valence-electron chi connectivity index (χ0n) is 20.5. The van der Waals surface area contributed by atoms with E-state index in [1.165, 1.54) is 23.5 Å². The number of unbranched alkanes of at least 4 members (excludes halogenated alkanes) is 1. The summed E-state index contributed by atoms with van der Waals surface area (Å²) in [5, 5.41) is 3.70. The summed E-state index contributed by atoms with van der Waals surface area (Å²) in [6.45, 7) is 6.28. The number of hydrogen-bond donors (Lipinski definition) is 1. The van der Waals surface area contributed by atoms with Crippen LogP contribution in [0.4, 0.5) is 8.78 Å². The maximum absolute atomic E-state index is 14.2. The van der Waals surface area contributed by atoms with Crippen LogP contribution in [0, 0.1) is 11.6 Å². The molecule has 3 heterocycles. The molecule has 2 aromatic rings. The van der Waals surface area contributed by atoms with E-state index in [1.807, 2.05) is 18.7 Å². The first-order valence-corrected chi connectivity index (χ1v) is 13.3. The number of rotatable bonds is 7. The van der Waals surface area contributed by atoms with E-state index in [2.05, 4.69) is 10.3 Å². The van der Waals surface area contributed by atoms with Gasteiger partial charge in [0, 0.05) is 55.9 Å². The van der Waals surface area contributed by atoms with Crippen molar-refractivity contribution in [3.63, 3.8) is 0 Å². The van der Waals surface area contributed by atoms with E-state index in [0.717, 1.165) is 18.9 Å². The number of aromatic nitrogens is 1. The molecule has 0 bridgehead atoms. The smallest absolute Gasteiger partial charge is 0.245 e. The van der Waals surface area contributed by atoms with Crippen LogP contribution >= 0.6 is 11.3 Å². The molecule has 3 fully saturated rings. The van der Waals surface area contributed by atoms with Gasteiger partial charge in [-0.3, -0.25) is 14.5 Å². The molecule has 2 aliphatic heterocycles. The van der Waals surface area contributed by atoms with Crippen LogP contribution in [0.25, 0.3) is 0 Å². The highest BCUT2D eigenvalue weighted by molar-refractivity contribution is 7.12. The molecule has 194 valence electrons. The van der Waals surface area contributed by atoms with Gasteiger partial charge in [0.1, 0.15) is 23.2 Å². The van der Waals surface area contributed by atoms with Crippen LogP contribution in [0.3, 0.4) is 0 Å². The first kappa shape index (κ1) is 25.4. The summed E-state index contributed by atoms with van der Waals surface area (Å²) in [6, 6.07) is 3.35. The molecule has 2 saturated heterocycles. The number of ether oxygens (including phenoxy) is 2. The number of amides is 1. The quantitative estimate of drug-likeness (QED) is 0.567. The summed E-state index contributed by atoms with van der Waals surface area (Å²) in [4.78, 5) is 34.8. The van der Waals surface area contributed by atoms with Crippen molar-refractivity contribution in [2.24, 2.45) is 0 Å². The summed E-state index contributed by atoms with van der Waals surface area (Å²) < 4.78 is 39.4. The number of hydrogen-bond acceptors (Lipinski definition) is 7. The Balaban J connectivity index is 1.50. The zero-order chi connectivity index (χ0) is 25.5. The van der Waals surface area contributed by atoms with Crippen molar-refractivity contribution in [3.05, 3.63) is 51.5 Å². The molecule has 2 unspecified atom stereocenters. The standard InChI is InChI=1S/C26H31F2N3O4S/c1-3-4-9-35-23-22(32)25(15-31-8-11-34-10-7-16(2)30-24(33)26(23,25)31)20-14-29-21(36-20)12-17-5-6-18(27)13-19(17)28/h5-6,13-14,16,23H,3-4,7-12,15H2,1-2H3,(H,30,33)/t16-,23?,25?,26+/m1/s1. The first-order valence-electron chi connectivity index (χ1n) is 12.5. The van der Waals surface area contributed by atoms with Crippen molar-refractivity contribution in [3.8, 4) is 0 Å². The van der Waals surface area contributed by atoms with Crippen molar-refractivity contribution in [1.82, 2.24) is 15.2 Å². The molecule has 1 spiro atoms. The Labute approximate surface area is 213 Å². The van der Waals surface area contributed by atoms with Gasteiger partial charge in [-0.15, -0.1) is 11.3 Å². The molecule has 5 rings (SSSR count). The number of Topliss-reactive ketones (excluding diaryl/α,β-unsaturated/α-hetero) is 1. The molecule has 1 amide bonds. The normalized spacial score (nSPS) is 30.6. The molecule has 4 atom stereocenters. The molecule has 3 aliphatic rings. The van der Waals surface area contributed by atoms with Crippen LogP contribution in [0.15, 0.2) is 24.4 Å². The average Bonchev–Trinajstić information content (AvgIpc) is 3.29. The summed E-state index contributed by atoms with van der Waals surface area (Å²) in [7, 11) is 0. The molecule has 36 heavy (non-hydrogen) atoms. The fraction of sp³-hybridized carbons (Fsp3) is 0.577. The van der Waals surface area contributed by atoms with Gasteiger partial charge >= 0.3 is 0 Å². The number of halogens is 2. The zero-order valence-corrected chi connectivity index (χ0v) is 21.3. The lowest BCUT2D eigenvalue weighted by molar-refractivity contribution is -0.239. The molecular formula is C26H31F2N3O4S. The van der Waals surface area contributed by atoms with E-state index in [0.29, 0.717) is 54.8 Å². The van der Waals surface area contributed by atoms with Gasteiger partial charge in [0.25, 0.3) is 0 Å². The number of benzene rings is 1. The Bertz CT molecular complexity index is 1160. The van der Waals surface area contributed by atoms with E-state index < -0.39 is 28.7 Å². The van der Waals surface area contributed by atoms with Gasteiger partial charge in [0.2, 0.25) is 5.91 Å². The van der Waals surface area contributed by atoms with Gasteiger partial charge in [-0.1, -0.05) is 19.4 Å². The van der Waals surface area contributed by atoms with Crippen LogP contribution in [-0.2, 0) is 30.9 Å². The topological polar surface area (TPSA) is 80.8 Å². The number of carbonyl (C=O) groups is 2. The third-order valence-corrected chi connectivity index (χ3v) is 8.81. The predicted octanol–water partition coefficient (Wildman–Crippen LogP) is 3.00. The van der Waals surface area contributed by atoms with Gasteiger partial charge in [-0.25, -0.2) is 13.8 Å². The third-order valence-electron chi connectivity index (χ3n) is 7.65. The lowest BCUT2D eigenvalue weighted by Crippen LogP contribution is -2.97.